The van der Waals surface area contributed by atoms with Gasteiger partial charge in [-0.1, -0.05) is 6.07 Å². The molecule has 0 bridgehead atoms. The standard InChI is InChI=1S/C16H19ClN4/c1-9-6-10(2)8-13(7-9)21-15(11(3)17)18-14-12(4)19-20(5)16(14)21/h6-8,11H,1-5H3. The molecule has 1 unspecified atom stereocenters. The molecule has 0 amide bonds. The van der Waals surface area contributed by atoms with Crippen molar-refractivity contribution in [1.82, 2.24) is 19.3 Å². The van der Waals surface area contributed by atoms with Crippen molar-refractivity contribution in [2.45, 2.75) is 33.1 Å². The Balaban J connectivity index is 2.41. The summed E-state index contributed by atoms with van der Waals surface area (Å²) in [6.45, 7) is 8.13. The first-order chi connectivity index (χ1) is 9.88. The van der Waals surface area contributed by atoms with Crippen molar-refractivity contribution in [3.05, 3.63) is 40.8 Å². The van der Waals surface area contributed by atoms with Crippen molar-refractivity contribution in [3.63, 3.8) is 0 Å². The fourth-order valence-electron chi connectivity index (χ4n) is 2.89. The number of aryl methyl sites for hydroxylation is 4. The molecule has 1 aromatic carbocycles. The lowest BCUT2D eigenvalue weighted by Crippen LogP contribution is -2.06. The normalized spacial score (nSPS) is 13.0. The largest absolute Gasteiger partial charge is 0.280 e. The van der Waals surface area contributed by atoms with E-state index < -0.39 is 0 Å². The number of benzene rings is 1. The second kappa shape index (κ2) is 4.88. The summed E-state index contributed by atoms with van der Waals surface area (Å²) in [6.07, 6.45) is 0. The van der Waals surface area contributed by atoms with Crippen LogP contribution in [0.15, 0.2) is 18.2 Å². The third kappa shape index (κ3) is 2.23. The van der Waals surface area contributed by atoms with Crippen LogP contribution < -0.4 is 0 Å². The van der Waals surface area contributed by atoms with Gasteiger partial charge >= 0.3 is 0 Å². The van der Waals surface area contributed by atoms with Crippen molar-refractivity contribution in [3.8, 4) is 5.69 Å². The fraction of sp³-hybridized carbons (Fsp3) is 0.375. The zero-order chi connectivity index (χ0) is 15.3. The maximum absolute atomic E-state index is 6.36. The highest BCUT2D eigenvalue weighted by Crippen LogP contribution is 2.30. The Labute approximate surface area is 129 Å². The van der Waals surface area contributed by atoms with Gasteiger partial charge in [-0.2, -0.15) is 5.10 Å². The number of aromatic nitrogens is 4. The molecule has 0 aliphatic heterocycles. The van der Waals surface area contributed by atoms with Gasteiger partial charge in [0.1, 0.15) is 11.3 Å². The van der Waals surface area contributed by atoms with Crippen molar-refractivity contribution >= 4 is 22.8 Å². The van der Waals surface area contributed by atoms with Crippen LogP contribution in [-0.4, -0.2) is 19.3 Å². The first-order valence-corrected chi connectivity index (χ1v) is 7.47. The average molecular weight is 303 g/mol. The van der Waals surface area contributed by atoms with Crippen LogP contribution in [-0.2, 0) is 7.05 Å². The molecule has 0 spiro atoms. The molecule has 0 aliphatic carbocycles. The van der Waals surface area contributed by atoms with E-state index >= 15 is 0 Å². The monoisotopic (exact) mass is 302 g/mol. The fourth-order valence-corrected chi connectivity index (χ4v) is 3.04. The van der Waals surface area contributed by atoms with Gasteiger partial charge in [-0.05, 0) is 51.0 Å². The Morgan fingerprint density at radius 3 is 2.29 bits per heavy atom. The predicted molar refractivity (Wildman–Crippen MR) is 86.3 cm³/mol. The number of alkyl halides is 1. The van der Waals surface area contributed by atoms with E-state index in [1.165, 1.54) is 11.1 Å². The summed E-state index contributed by atoms with van der Waals surface area (Å²) >= 11 is 6.36. The summed E-state index contributed by atoms with van der Waals surface area (Å²) in [7, 11) is 1.94. The summed E-state index contributed by atoms with van der Waals surface area (Å²) in [6, 6.07) is 6.47. The first kappa shape index (κ1) is 14.1. The van der Waals surface area contributed by atoms with E-state index in [1.807, 2.05) is 25.6 Å². The second-order valence-corrected chi connectivity index (χ2v) is 6.30. The third-order valence-electron chi connectivity index (χ3n) is 3.65. The highest BCUT2D eigenvalue weighted by molar-refractivity contribution is 6.20. The molecule has 0 radical (unpaired) electrons. The number of nitrogens with zero attached hydrogens (tertiary/aromatic N) is 4. The Morgan fingerprint density at radius 1 is 1.10 bits per heavy atom. The first-order valence-electron chi connectivity index (χ1n) is 7.03. The summed E-state index contributed by atoms with van der Waals surface area (Å²) in [5, 5.41) is 4.30. The molecule has 2 heterocycles. The van der Waals surface area contributed by atoms with Crippen LogP contribution in [0.2, 0.25) is 0 Å². The predicted octanol–water partition coefficient (Wildman–Crippen LogP) is 3.98. The summed E-state index contributed by atoms with van der Waals surface area (Å²) in [5.74, 6) is 0.854. The second-order valence-electron chi connectivity index (χ2n) is 5.65. The number of hydrogen-bond donors (Lipinski definition) is 0. The molecule has 2 aromatic heterocycles. The van der Waals surface area contributed by atoms with Crippen LogP contribution in [0.4, 0.5) is 0 Å². The SMILES string of the molecule is Cc1cc(C)cc(-n2c(C(C)Cl)nc3c(C)nn(C)c32)c1. The van der Waals surface area contributed by atoms with Crippen molar-refractivity contribution in [1.29, 1.82) is 0 Å². The minimum absolute atomic E-state index is 0.169. The minimum atomic E-state index is -0.169. The molecular formula is C16H19ClN4. The smallest absolute Gasteiger partial charge is 0.163 e. The van der Waals surface area contributed by atoms with Gasteiger partial charge in [-0.3, -0.25) is 4.57 Å². The lowest BCUT2D eigenvalue weighted by Gasteiger charge is -2.12. The number of imidazole rings is 1. The Morgan fingerprint density at radius 2 is 1.71 bits per heavy atom. The molecule has 0 saturated heterocycles. The summed E-state index contributed by atoms with van der Waals surface area (Å²) in [5.41, 5.74) is 6.35. The molecule has 0 fully saturated rings. The van der Waals surface area contributed by atoms with Gasteiger partial charge in [0.15, 0.2) is 5.65 Å². The van der Waals surface area contributed by atoms with E-state index in [1.54, 1.807) is 0 Å². The third-order valence-corrected chi connectivity index (χ3v) is 3.84. The summed E-state index contributed by atoms with van der Waals surface area (Å²) in [4.78, 5) is 4.72. The molecule has 4 nitrogen and oxygen atoms in total. The van der Waals surface area contributed by atoms with Crippen LogP contribution >= 0.6 is 11.6 Å². The topological polar surface area (TPSA) is 35.6 Å². The van der Waals surface area contributed by atoms with Crippen LogP contribution in [0, 0.1) is 20.8 Å². The van der Waals surface area contributed by atoms with Gasteiger partial charge in [-0.25, -0.2) is 9.67 Å². The van der Waals surface area contributed by atoms with E-state index in [4.69, 9.17) is 16.6 Å². The molecule has 3 aromatic rings. The zero-order valence-corrected chi connectivity index (χ0v) is 13.7. The molecule has 0 saturated carbocycles. The highest BCUT2D eigenvalue weighted by Gasteiger charge is 2.21. The maximum atomic E-state index is 6.36. The van der Waals surface area contributed by atoms with Gasteiger partial charge in [0.2, 0.25) is 0 Å². The van der Waals surface area contributed by atoms with E-state index in [0.29, 0.717) is 0 Å². The Bertz CT molecular complexity index is 806. The van der Waals surface area contributed by atoms with Gasteiger partial charge in [0, 0.05) is 12.7 Å². The molecule has 0 aliphatic rings. The average Bonchev–Trinajstić information content (AvgIpc) is 2.88. The molecule has 110 valence electrons. The maximum Gasteiger partial charge on any atom is 0.163 e. The summed E-state index contributed by atoms with van der Waals surface area (Å²) < 4.78 is 3.99. The highest BCUT2D eigenvalue weighted by atomic mass is 35.5. The van der Waals surface area contributed by atoms with E-state index in [0.717, 1.165) is 28.4 Å². The number of fused-ring (bicyclic) bond motifs is 1. The molecule has 0 N–H and O–H groups in total. The van der Waals surface area contributed by atoms with Gasteiger partial charge in [0.25, 0.3) is 0 Å². The van der Waals surface area contributed by atoms with E-state index in [2.05, 4.69) is 41.7 Å². The zero-order valence-electron chi connectivity index (χ0n) is 13.0. The Kier molecular flexibility index (Phi) is 3.29. The number of halogens is 1. The molecule has 5 heteroatoms. The van der Waals surface area contributed by atoms with Gasteiger partial charge < -0.3 is 0 Å². The number of hydrogen-bond acceptors (Lipinski definition) is 2. The van der Waals surface area contributed by atoms with Crippen molar-refractivity contribution < 1.29 is 0 Å². The van der Waals surface area contributed by atoms with Crippen LogP contribution in [0.5, 0.6) is 0 Å². The Hall–Kier alpha value is -1.81. The lowest BCUT2D eigenvalue weighted by molar-refractivity contribution is 0.748. The van der Waals surface area contributed by atoms with Gasteiger partial charge in [-0.15, -0.1) is 11.6 Å². The van der Waals surface area contributed by atoms with Gasteiger partial charge in [0.05, 0.1) is 11.1 Å². The van der Waals surface area contributed by atoms with Crippen LogP contribution in [0.25, 0.3) is 16.9 Å². The van der Waals surface area contributed by atoms with E-state index in [-0.39, 0.29) is 5.38 Å². The van der Waals surface area contributed by atoms with Crippen LogP contribution in [0.3, 0.4) is 0 Å². The molecule has 21 heavy (non-hydrogen) atoms. The minimum Gasteiger partial charge on any atom is -0.280 e. The van der Waals surface area contributed by atoms with Crippen molar-refractivity contribution in [2.24, 2.45) is 7.05 Å². The quantitative estimate of drug-likeness (QED) is 0.671. The van der Waals surface area contributed by atoms with E-state index in [9.17, 15) is 0 Å². The molecular weight excluding hydrogens is 284 g/mol. The van der Waals surface area contributed by atoms with Crippen LogP contribution in [0.1, 0.15) is 34.9 Å². The molecule has 3 rings (SSSR count). The molecule has 1 atom stereocenters. The number of rotatable bonds is 2. The lowest BCUT2D eigenvalue weighted by atomic mass is 10.1. The van der Waals surface area contributed by atoms with Crippen molar-refractivity contribution in [2.75, 3.05) is 0 Å².